The maximum atomic E-state index is 5.43. The molecule has 0 saturated heterocycles. The lowest BCUT2D eigenvalue weighted by Crippen LogP contribution is -2.31. The fourth-order valence-corrected chi connectivity index (χ4v) is 0.321. The zero-order valence-corrected chi connectivity index (χ0v) is 5.74. The largest absolute Gasteiger partial charge is 0.247 e. The summed E-state index contributed by atoms with van der Waals surface area (Å²) in [6.45, 7) is 0. The Balaban J connectivity index is 3.14. The lowest BCUT2D eigenvalue weighted by molar-refractivity contribution is 0.0792. The molecule has 0 saturated carbocycles. The third-order valence-corrected chi connectivity index (χ3v) is 1.20. The molecule has 2 nitrogen and oxygen atoms in total. The van der Waals surface area contributed by atoms with E-state index in [1.165, 1.54) is 0 Å². The molecule has 0 aromatic carbocycles. The molecule has 0 spiro atoms. The molecular weight excluding hydrogens is 112 g/mol. The van der Waals surface area contributed by atoms with Gasteiger partial charge in [-0.1, -0.05) is 0 Å². The first-order valence-electron chi connectivity index (χ1n) is 2.13. The molecule has 0 atom stereocenters. The third kappa shape index (κ3) is 2.85. The van der Waals surface area contributed by atoms with Gasteiger partial charge in [0.2, 0.25) is 0 Å². The molecule has 0 N–H and O–H groups in total. The molecule has 0 radical (unpaired) electrons. The van der Waals surface area contributed by atoms with Gasteiger partial charge >= 0.3 is 0 Å². The number of rotatable bonds is 2. The number of halogens is 1. The van der Waals surface area contributed by atoms with E-state index >= 15 is 0 Å². The summed E-state index contributed by atoms with van der Waals surface area (Å²) in [5.74, 6) is 0. The SMILES string of the molecule is CN(C)N(C)CCl. The lowest BCUT2D eigenvalue weighted by Gasteiger charge is -2.20. The van der Waals surface area contributed by atoms with Gasteiger partial charge in [0.1, 0.15) is 0 Å². The Bertz CT molecular complexity index is 47.0. The van der Waals surface area contributed by atoms with E-state index in [1.807, 2.05) is 31.2 Å². The Morgan fingerprint density at radius 1 is 1.29 bits per heavy atom. The highest BCUT2D eigenvalue weighted by Gasteiger charge is 1.93. The molecule has 0 aliphatic rings. The van der Waals surface area contributed by atoms with E-state index in [1.54, 1.807) is 0 Å². The van der Waals surface area contributed by atoms with Crippen molar-refractivity contribution in [2.24, 2.45) is 0 Å². The van der Waals surface area contributed by atoms with E-state index < -0.39 is 0 Å². The predicted molar refractivity (Wildman–Crippen MR) is 32.2 cm³/mol. The molecule has 0 heterocycles. The number of alkyl halides is 1. The second kappa shape index (κ2) is 3.24. The van der Waals surface area contributed by atoms with E-state index in [0.29, 0.717) is 6.00 Å². The fourth-order valence-electron chi connectivity index (χ4n) is 0.107. The van der Waals surface area contributed by atoms with Crippen LogP contribution in [0.4, 0.5) is 0 Å². The van der Waals surface area contributed by atoms with E-state index in [0.717, 1.165) is 0 Å². The van der Waals surface area contributed by atoms with E-state index in [2.05, 4.69) is 0 Å². The molecule has 3 heteroatoms. The van der Waals surface area contributed by atoms with Crippen molar-refractivity contribution < 1.29 is 0 Å². The Hall–Kier alpha value is 0.210. The van der Waals surface area contributed by atoms with Gasteiger partial charge in [-0.25, -0.2) is 10.0 Å². The van der Waals surface area contributed by atoms with Crippen LogP contribution in [0.5, 0.6) is 0 Å². The van der Waals surface area contributed by atoms with Gasteiger partial charge in [-0.2, -0.15) is 0 Å². The third-order valence-electron chi connectivity index (χ3n) is 0.856. The smallest absolute Gasteiger partial charge is 0.0873 e. The van der Waals surface area contributed by atoms with Crippen molar-refractivity contribution in [2.45, 2.75) is 0 Å². The lowest BCUT2D eigenvalue weighted by atomic mass is 11.0. The van der Waals surface area contributed by atoms with E-state index in [4.69, 9.17) is 11.6 Å². The van der Waals surface area contributed by atoms with Crippen LogP contribution in [0, 0.1) is 0 Å². The maximum absolute atomic E-state index is 5.43. The number of hydrogen-bond acceptors (Lipinski definition) is 2. The zero-order chi connectivity index (χ0) is 5.86. The van der Waals surface area contributed by atoms with Crippen LogP contribution >= 0.6 is 11.6 Å². The minimum atomic E-state index is 0.549. The molecule has 0 bridgehead atoms. The van der Waals surface area contributed by atoms with Crippen LogP contribution in [0.15, 0.2) is 0 Å². The summed E-state index contributed by atoms with van der Waals surface area (Å²) in [7, 11) is 5.82. The summed E-state index contributed by atoms with van der Waals surface area (Å²) < 4.78 is 0. The molecule has 0 amide bonds. The summed E-state index contributed by atoms with van der Waals surface area (Å²) in [6.07, 6.45) is 0. The van der Waals surface area contributed by atoms with Crippen molar-refractivity contribution in [3.8, 4) is 0 Å². The summed E-state index contributed by atoms with van der Waals surface area (Å²) in [5, 5.41) is 3.81. The zero-order valence-electron chi connectivity index (χ0n) is 4.98. The summed E-state index contributed by atoms with van der Waals surface area (Å²) in [5.41, 5.74) is 0. The normalized spacial score (nSPS) is 11.1. The van der Waals surface area contributed by atoms with Gasteiger partial charge in [0.15, 0.2) is 0 Å². The minimum absolute atomic E-state index is 0.549. The van der Waals surface area contributed by atoms with Crippen LogP contribution < -0.4 is 0 Å². The highest BCUT2D eigenvalue weighted by molar-refractivity contribution is 6.17. The summed E-state index contributed by atoms with van der Waals surface area (Å²) >= 11 is 5.43. The topological polar surface area (TPSA) is 6.48 Å². The molecule has 0 aromatic heterocycles. The standard InChI is InChI=1S/C4H11ClN2/c1-6(2)7(3)4-5/h4H2,1-3H3. The van der Waals surface area contributed by atoms with Gasteiger partial charge in [-0.15, -0.1) is 11.6 Å². The minimum Gasteiger partial charge on any atom is -0.247 e. The van der Waals surface area contributed by atoms with Crippen molar-refractivity contribution in [3.05, 3.63) is 0 Å². The van der Waals surface area contributed by atoms with Crippen molar-refractivity contribution in [1.29, 1.82) is 0 Å². The molecule has 0 fully saturated rings. The maximum Gasteiger partial charge on any atom is 0.0873 e. The highest BCUT2D eigenvalue weighted by atomic mass is 35.5. The number of hydrazine groups is 1. The van der Waals surface area contributed by atoms with Crippen LogP contribution in [0.2, 0.25) is 0 Å². The molecule has 44 valence electrons. The van der Waals surface area contributed by atoms with Gasteiger partial charge in [0.05, 0.1) is 6.00 Å². The van der Waals surface area contributed by atoms with Crippen LogP contribution in [-0.4, -0.2) is 37.2 Å². The Morgan fingerprint density at radius 3 is 1.71 bits per heavy atom. The number of nitrogens with zero attached hydrogens (tertiary/aromatic N) is 2. The molecular formula is C4H11ClN2. The van der Waals surface area contributed by atoms with Crippen molar-refractivity contribution in [1.82, 2.24) is 10.0 Å². The van der Waals surface area contributed by atoms with Gasteiger partial charge < -0.3 is 0 Å². The first kappa shape index (κ1) is 7.21. The van der Waals surface area contributed by atoms with Gasteiger partial charge in [-0.3, -0.25) is 0 Å². The van der Waals surface area contributed by atoms with E-state index in [9.17, 15) is 0 Å². The molecule has 0 aliphatic heterocycles. The molecule has 0 aliphatic carbocycles. The van der Waals surface area contributed by atoms with Crippen LogP contribution in [0.3, 0.4) is 0 Å². The number of hydrogen-bond donors (Lipinski definition) is 0. The van der Waals surface area contributed by atoms with Crippen molar-refractivity contribution in [3.63, 3.8) is 0 Å². The second-order valence-corrected chi connectivity index (χ2v) is 1.86. The highest BCUT2D eigenvalue weighted by Crippen LogP contribution is 1.85. The van der Waals surface area contributed by atoms with Crippen molar-refractivity contribution in [2.75, 3.05) is 27.1 Å². The Kier molecular flexibility index (Phi) is 3.34. The summed E-state index contributed by atoms with van der Waals surface area (Å²) in [6, 6.07) is 0.549. The van der Waals surface area contributed by atoms with Gasteiger partial charge in [-0.05, 0) is 0 Å². The van der Waals surface area contributed by atoms with Gasteiger partial charge in [0.25, 0.3) is 0 Å². The van der Waals surface area contributed by atoms with Gasteiger partial charge in [0, 0.05) is 21.1 Å². The first-order valence-corrected chi connectivity index (χ1v) is 2.66. The monoisotopic (exact) mass is 122 g/mol. The average molecular weight is 123 g/mol. The first-order chi connectivity index (χ1) is 3.18. The van der Waals surface area contributed by atoms with Crippen LogP contribution in [0.25, 0.3) is 0 Å². The average Bonchev–Trinajstić information content (AvgIpc) is 1.65. The van der Waals surface area contributed by atoms with Crippen LogP contribution in [0.1, 0.15) is 0 Å². The molecule has 0 aromatic rings. The van der Waals surface area contributed by atoms with Crippen LogP contribution in [-0.2, 0) is 0 Å². The van der Waals surface area contributed by atoms with E-state index in [-0.39, 0.29) is 0 Å². The Labute approximate surface area is 49.6 Å². The second-order valence-electron chi connectivity index (χ2n) is 1.62. The fraction of sp³-hybridized carbons (Fsp3) is 1.00. The van der Waals surface area contributed by atoms with Crippen molar-refractivity contribution >= 4 is 11.6 Å². The quantitative estimate of drug-likeness (QED) is 0.301. The molecule has 0 rings (SSSR count). The Morgan fingerprint density at radius 2 is 1.71 bits per heavy atom. The predicted octanol–water partition coefficient (Wildman–Crippen LogP) is 0.591. The molecule has 7 heavy (non-hydrogen) atoms. The summed E-state index contributed by atoms with van der Waals surface area (Å²) in [4.78, 5) is 0. The molecule has 0 unspecified atom stereocenters.